The Labute approximate surface area is 134 Å². The molecule has 0 bridgehead atoms. The average molecular weight is 317 g/mol. The van der Waals surface area contributed by atoms with Crippen molar-refractivity contribution in [1.29, 1.82) is 0 Å². The SMILES string of the molecule is Cc1ccc(NC(=O)CNC(=O)Cc2ccc(Cl)cc2)cc1. The van der Waals surface area contributed by atoms with Crippen LogP contribution in [0.25, 0.3) is 0 Å². The molecule has 2 amide bonds. The van der Waals surface area contributed by atoms with Gasteiger partial charge in [-0.05, 0) is 36.8 Å². The van der Waals surface area contributed by atoms with Crippen LogP contribution in [0.3, 0.4) is 0 Å². The van der Waals surface area contributed by atoms with Gasteiger partial charge in [0.1, 0.15) is 0 Å². The quantitative estimate of drug-likeness (QED) is 0.891. The smallest absolute Gasteiger partial charge is 0.243 e. The van der Waals surface area contributed by atoms with Crippen LogP contribution in [0.5, 0.6) is 0 Å². The molecule has 2 aromatic rings. The number of anilines is 1. The van der Waals surface area contributed by atoms with E-state index in [-0.39, 0.29) is 24.8 Å². The van der Waals surface area contributed by atoms with Crippen molar-refractivity contribution < 1.29 is 9.59 Å². The highest BCUT2D eigenvalue weighted by Crippen LogP contribution is 2.10. The van der Waals surface area contributed by atoms with Gasteiger partial charge in [-0.2, -0.15) is 0 Å². The third-order valence-electron chi connectivity index (χ3n) is 3.06. The van der Waals surface area contributed by atoms with E-state index in [1.54, 1.807) is 24.3 Å². The van der Waals surface area contributed by atoms with Gasteiger partial charge in [0.2, 0.25) is 11.8 Å². The van der Waals surface area contributed by atoms with Crippen LogP contribution in [0.4, 0.5) is 5.69 Å². The lowest BCUT2D eigenvalue weighted by atomic mass is 10.1. The van der Waals surface area contributed by atoms with Crippen LogP contribution in [-0.4, -0.2) is 18.4 Å². The summed E-state index contributed by atoms with van der Waals surface area (Å²) in [6, 6.07) is 14.5. The summed E-state index contributed by atoms with van der Waals surface area (Å²) in [4.78, 5) is 23.5. The Bertz CT molecular complexity index is 592. The largest absolute Gasteiger partial charge is 0.347 e. The second-order valence-electron chi connectivity index (χ2n) is 4.99. The van der Waals surface area contributed by atoms with E-state index in [9.17, 15) is 9.59 Å². The van der Waals surface area contributed by atoms with Crippen molar-refractivity contribution in [3.05, 3.63) is 64.7 Å². The fourth-order valence-electron chi connectivity index (χ4n) is 1.87. The van der Waals surface area contributed by atoms with E-state index in [0.29, 0.717) is 10.7 Å². The Hall–Kier alpha value is -2.33. The number of hydrogen-bond acceptors (Lipinski definition) is 2. The maximum Gasteiger partial charge on any atom is 0.243 e. The van der Waals surface area contributed by atoms with E-state index in [1.165, 1.54) is 0 Å². The van der Waals surface area contributed by atoms with Gasteiger partial charge in [0, 0.05) is 10.7 Å². The van der Waals surface area contributed by atoms with Crippen LogP contribution in [-0.2, 0) is 16.0 Å². The number of nitrogens with one attached hydrogen (secondary N) is 2. The molecule has 0 saturated carbocycles. The highest BCUT2D eigenvalue weighted by Gasteiger charge is 2.07. The molecule has 2 aromatic carbocycles. The molecule has 0 fully saturated rings. The van der Waals surface area contributed by atoms with Crippen molar-refractivity contribution in [1.82, 2.24) is 5.32 Å². The van der Waals surface area contributed by atoms with Crippen molar-refractivity contribution >= 4 is 29.1 Å². The molecule has 0 aliphatic carbocycles. The fraction of sp³-hybridized carbons (Fsp3) is 0.176. The first-order valence-electron chi connectivity index (χ1n) is 6.90. The number of benzene rings is 2. The van der Waals surface area contributed by atoms with E-state index >= 15 is 0 Å². The molecule has 0 radical (unpaired) electrons. The van der Waals surface area contributed by atoms with Gasteiger partial charge in [0.25, 0.3) is 0 Å². The van der Waals surface area contributed by atoms with E-state index in [2.05, 4.69) is 10.6 Å². The maximum absolute atomic E-state index is 11.8. The lowest BCUT2D eigenvalue weighted by Gasteiger charge is -2.07. The zero-order valence-corrected chi connectivity index (χ0v) is 13.0. The summed E-state index contributed by atoms with van der Waals surface area (Å²) in [6.07, 6.45) is 0.217. The monoisotopic (exact) mass is 316 g/mol. The highest BCUT2D eigenvalue weighted by molar-refractivity contribution is 6.30. The summed E-state index contributed by atoms with van der Waals surface area (Å²) in [7, 11) is 0. The second-order valence-corrected chi connectivity index (χ2v) is 5.43. The van der Waals surface area contributed by atoms with Crippen LogP contribution in [0, 0.1) is 6.92 Å². The molecule has 2 N–H and O–H groups in total. The molecule has 0 aliphatic heterocycles. The van der Waals surface area contributed by atoms with Crippen LogP contribution in [0.2, 0.25) is 5.02 Å². The van der Waals surface area contributed by atoms with Gasteiger partial charge >= 0.3 is 0 Å². The topological polar surface area (TPSA) is 58.2 Å². The first-order valence-corrected chi connectivity index (χ1v) is 7.28. The molecule has 2 rings (SSSR count). The lowest BCUT2D eigenvalue weighted by Crippen LogP contribution is -2.33. The zero-order valence-electron chi connectivity index (χ0n) is 12.2. The van der Waals surface area contributed by atoms with Crippen LogP contribution >= 0.6 is 11.6 Å². The minimum Gasteiger partial charge on any atom is -0.347 e. The molecular formula is C17H17ClN2O2. The summed E-state index contributed by atoms with van der Waals surface area (Å²) < 4.78 is 0. The molecule has 5 heteroatoms. The molecule has 22 heavy (non-hydrogen) atoms. The number of carbonyl (C=O) groups is 2. The van der Waals surface area contributed by atoms with E-state index in [4.69, 9.17) is 11.6 Å². The molecule has 0 aromatic heterocycles. The molecule has 0 atom stereocenters. The number of halogens is 1. The predicted octanol–water partition coefficient (Wildman–Crippen LogP) is 2.95. The van der Waals surface area contributed by atoms with Crippen molar-refractivity contribution in [2.24, 2.45) is 0 Å². The van der Waals surface area contributed by atoms with E-state index in [0.717, 1.165) is 11.1 Å². The molecule has 0 heterocycles. The third kappa shape index (κ3) is 5.22. The van der Waals surface area contributed by atoms with E-state index < -0.39 is 0 Å². The van der Waals surface area contributed by atoms with Gasteiger partial charge in [0.15, 0.2) is 0 Å². The standard InChI is InChI=1S/C17H17ClN2O2/c1-12-2-8-15(9-3-12)20-17(22)11-19-16(21)10-13-4-6-14(18)7-5-13/h2-9H,10-11H2,1H3,(H,19,21)(H,20,22). The van der Waals surface area contributed by atoms with Gasteiger partial charge in [-0.1, -0.05) is 41.4 Å². The lowest BCUT2D eigenvalue weighted by molar-refractivity contribution is -0.123. The van der Waals surface area contributed by atoms with Crippen LogP contribution in [0.15, 0.2) is 48.5 Å². The second kappa shape index (κ2) is 7.61. The van der Waals surface area contributed by atoms with E-state index in [1.807, 2.05) is 31.2 Å². The number of aryl methyl sites for hydroxylation is 1. The molecule has 0 aliphatic rings. The minimum absolute atomic E-state index is 0.0553. The van der Waals surface area contributed by atoms with Crippen LogP contribution < -0.4 is 10.6 Å². The van der Waals surface area contributed by atoms with Crippen LogP contribution in [0.1, 0.15) is 11.1 Å². The number of hydrogen-bond donors (Lipinski definition) is 2. The summed E-state index contributed by atoms with van der Waals surface area (Å²) in [6.45, 7) is 1.92. The van der Waals surface area contributed by atoms with Crippen molar-refractivity contribution in [3.63, 3.8) is 0 Å². The Kier molecular flexibility index (Phi) is 5.55. The average Bonchev–Trinajstić information content (AvgIpc) is 2.50. The van der Waals surface area contributed by atoms with Gasteiger partial charge < -0.3 is 10.6 Å². The number of amides is 2. The molecule has 0 unspecified atom stereocenters. The summed E-state index contributed by atoms with van der Waals surface area (Å²) in [5.41, 5.74) is 2.68. The van der Waals surface area contributed by atoms with Crippen molar-refractivity contribution in [3.8, 4) is 0 Å². The predicted molar refractivity (Wildman–Crippen MR) is 88.0 cm³/mol. The van der Waals surface area contributed by atoms with Crippen molar-refractivity contribution in [2.75, 3.05) is 11.9 Å². The normalized spacial score (nSPS) is 10.1. The molecule has 0 spiro atoms. The third-order valence-corrected chi connectivity index (χ3v) is 3.31. The Morgan fingerprint density at radius 1 is 0.955 bits per heavy atom. The molecule has 4 nitrogen and oxygen atoms in total. The summed E-state index contributed by atoms with van der Waals surface area (Å²) in [5.74, 6) is -0.463. The van der Waals surface area contributed by atoms with Gasteiger partial charge in [-0.15, -0.1) is 0 Å². The van der Waals surface area contributed by atoms with Gasteiger partial charge in [-0.25, -0.2) is 0 Å². The molecule has 0 saturated heterocycles. The fourth-order valence-corrected chi connectivity index (χ4v) is 2.00. The Morgan fingerprint density at radius 2 is 1.59 bits per heavy atom. The minimum atomic E-state index is -0.256. The summed E-state index contributed by atoms with van der Waals surface area (Å²) in [5, 5.41) is 5.94. The first kappa shape index (κ1) is 16.0. The van der Waals surface area contributed by atoms with Gasteiger partial charge in [-0.3, -0.25) is 9.59 Å². The zero-order chi connectivity index (χ0) is 15.9. The van der Waals surface area contributed by atoms with Crippen molar-refractivity contribution in [2.45, 2.75) is 13.3 Å². The Morgan fingerprint density at radius 3 is 2.23 bits per heavy atom. The number of rotatable bonds is 5. The van der Waals surface area contributed by atoms with Gasteiger partial charge in [0.05, 0.1) is 13.0 Å². The first-order chi connectivity index (χ1) is 10.5. The highest BCUT2D eigenvalue weighted by atomic mass is 35.5. The maximum atomic E-state index is 11.8. The summed E-state index contributed by atoms with van der Waals surface area (Å²) >= 11 is 5.78. The Balaban J connectivity index is 1.76. The molecule has 114 valence electrons. The molecular weight excluding hydrogens is 300 g/mol. The number of carbonyl (C=O) groups excluding carboxylic acids is 2.